The van der Waals surface area contributed by atoms with Crippen LogP contribution < -0.4 is 10.6 Å². The lowest BCUT2D eigenvalue weighted by molar-refractivity contribution is 0.0932. The molecule has 1 saturated heterocycles. The van der Waals surface area contributed by atoms with Crippen LogP contribution >= 0.6 is 0 Å². The van der Waals surface area contributed by atoms with E-state index < -0.39 is 11.7 Å². The number of halogens is 1. The van der Waals surface area contributed by atoms with Crippen molar-refractivity contribution in [2.75, 3.05) is 25.0 Å². The van der Waals surface area contributed by atoms with Gasteiger partial charge in [0.2, 0.25) is 0 Å². The molecule has 0 bridgehead atoms. The average molecular weight is 450 g/mol. The zero-order chi connectivity index (χ0) is 23.4. The Balaban J connectivity index is 1.46. The maximum absolute atomic E-state index is 14.0. The first kappa shape index (κ1) is 22.7. The minimum Gasteiger partial charge on any atom is -0.465 e. The minimum absolute atomic E-state index is 0.0316. The lowest BCUT2D eigenvalue weighted by Crippen LogP contribution is -2.36. The zero-order valence-corrected chi connectivity index (χ0v) is 18.9. The molecule has 33 heavy (non-hydrogen) atoms. The van der Waals surface area contributed by atoms with Crippen molar-refractivity contribution in [3.63, 3.8) is 0 Å². The Labute approximate surface area is 192 Å². The van der Waals surface area contributed by atoms with Crippen molar-refractivity contribution in [2.24, 2.45) is 0 Å². The van der Waals surface area contributed by atoms with E-state index in [1.807, 2.05) is 26.0 Å². The van der Waals surface area contributed by atoms with Gasteiger partial charge in [0, 0.05) is 17.8 Å². The molecule has 0 saturated carbocycles. The van der Waals surface area contributed by atoms with Gasteiger partial charge in [0.1, 0.15) is 17.3 Å². The van der Waals surface area contributed by atoms with Crippen molar-refractivity contribution in [2.45, 2.75) is 32.7 Å². The molecule has 7 heteroatoms. The number of amides is 2. The zero-order valence-electron chi connectivity index (χ0n) is 18.9. The van der Waals surface area contributed by atoms with Gasteiger partial charge >= 0.3 is 0 Å². The first-order valence-electron chi connectivity index (χ1n) is 11.2. The Hall–Kier alpha value is -3.45. The minimum atomic E-state index is -0.595. The number of benzene rings is 2. The number of furan rings is 1. The molecule has 2 amide bonds. The smallest absolute Gasteiger partial charge is 0.258 e. The van der Waals surface area contributed by atoms with Crippen LogP contribution in [-0.2, 0) is 0 Å². The fourth-order valence-electron chi connectivity index (χ4n) is 4.12. The van der Waals surface area contributed by atoms with E-state index in [1.54, 1.807) is 24.3 Å². The first-order chi connectivity index (χ1) is 15.9. The summed E-state index contributed by atoms with van der Waals surface area (Å²) < 4.78 is 19.8. The molecule has 1 aliphatic heterocycles. The van der Waals surface area contributed by atoms with Crippen LogP contribution in [0.15, 0.2) is 59.0 Å². The standard InChI is InChI=1S/C26H28FN3O3/c1-17-9-11-19(15-22(17)29-26(32)20-7-3-4-8-21(20)27)25(31)28-16-23(30-13-5-6-14-30)24-12-10-18(2)33-24/h3-4,7-12,15,23H,5-6,13-14,16H2,1-2H3,(H,28,31)(H,29,32). The number of aryl methyl sites for hydroxylation is 2. The Morgan fingerprint density at radius 2 is 1.79 bits per heavy atom. The molecule has 2 N–H and O–H groups in total. The van der Waals surface area contributed by atoms with Gasteiger partial charge in [-0.2, -0.15) is 0 Å². The highest BCUT2D eigenvalue weighted by Gasteiger charge is 2.26. The second-order valence-electron chi connectivity index (χ2n) is 8.38. The van der Waals surface area contributed by atoms with Gasteiger partial charge in [-0.15, -0.1) is 0 Å². The van der Waals surface area contributed by atoms with Crippen LogP contribution in [-0.4, -0.2) is 36.3 Å². The molecule has 1 unspecified atom stereocenters. The van der Waals surface area contributed by atoms with Crippen LogP contribution in [0.5, 0.6) is 0 Å². The Morgan fingerprint density at radius 1 is 1.03 bits per heavy atom. The van der Waals surface area contributed by atoms with Crippen LogP contribution in [0.2, 0.25) is 0 Å². The predicted octanol–water partition coefficient (Wildman–Crippen LogP) is 4.85. The highest BCUT2D eigenvalue weighted by atomic mass is 19.1. The van der Waals surface area contributed by atoms with Crippen molar-refractivity contribution < 1.29 is 18.4 Å². The van der Waals surface area contributed by atoms with Gasteiger partial charge in [0.25, 0.3) is 11.8 Å². The third-order valence-corrected chi connectivity index (χ3v) is 5.99. The molecule has 2 aromatic carbocycles. The summed E-state index contributed by atoms with van der Waals surface area (Å²) >= 11 is 0. The average Bonchev–Trinajstić information content (AvgIpc) is 3.48. The highest BCUT2D eigenvalue weighted by Crippen LogP contribution is 2.26. The molecule has 1 aromatic heterocycles. The summed E-state index contributed by atoms with van der Waals surface area (Å²) in [7, 11) is 0. The number of anilines is 1. The van der Waals surface area contributed by atoms with Crippen molar-refractivity contribution in [3.05, 3.63) is 88.6 Å². The van der Waals surface area contributed by atoms with E-state index in [4.69, 9.17) is 4.42 Å². The van der Waals surface area contributed by atoms with Gasteiger partial charge in [0.05, 0.1) is 11.6 Å². The molecule has 2 heterocycles. The molecule has 6 nitrogen and oxygen atoms in total. The van der Waals surface area contributed by atoms with Gasteiger partial charge in [-0.3, -0.25) is 14.5 Å². The first-order valence-corrected chi connectivity index (χ1v) is 11.2. The molecule has 0 spiro atoms. The van der Waals surface area contributed by atoms with Gasteiger partial charge in [-0.05, 0) is 81.7 Å². The summed E-state index contributed by atoms with van der Waals surface area (Å²) in [5, 5.41) is 5.73. The lowest BCUT2D eigenvalue weighted by Gasteiger charge is -2.26. The number of hydrogen-bond acceptors (Lipinski definition) is 4. The van der Waals surface area contributed by atoms with Crippen molar-refractivity contribution in [3.8, 4) is 0 Å². The van der Waals surface area contributed by atoms with Gasteiger partial charge < -0.3 is 15.1 Å². The number of carbonyl (C=O) groups is 2. The number of rotatable bonds is 7. The van der Waals surface area contributed by atoms with Crippen LogP contribution in [0.1, 0.15) is 56.7 Å². The van der Waals surface area contributed by atoms with E-state index >= 15 is 0 Å². The number of likely N-dealkylation sites (tertiary alicyclic amines) is 1. The summed E-state index contributed by atoms with van der Waals surface area (Å²) in [6.45, 7) is 6.08. The van der Waals surface area contributed by atoms with E-state index in [9.17, 15) is 14.0 Å². The Kier molecular flexibility index (Phi) is 6.89. The normalized spacial score (nSPS) is 14.8. The summed E-state index contributed by atoms with van der Waals surface area (Å²) in [4.78, 5) is 27.8. The summed E-state index contributed by atoms with van der Waals surface area (Å²) in [6.07, 6.45) is 2.26. The molecule has 3 aromatic rings. The lowest BCUT2D eigenvalue weighted by atomic mass is 10.1. The number of nitrogens with zero attached hydrogens (tertiary/aromatic N) is 1. The second kappa shape index (κ2) is 10.0. The topological polar surface area (TPSA) is 74.6 Å². The SMILES string of the molecule is Cc1ccc(C(CNC(=O)c2ccc(C)c(NC(=O)c3ccccc3F)c2)N2CCCC2)o1. The Bertz CT molecular complexity index is 1150. The van der Waals surface area contributed by atoms with E-state index in [-0.39, 0.29) is 17.5 Å². The Morgan fingerprint density at radius 3 is 2.48 bits per heavy atom. The molecule has 1 fully saturated rings. The van der Waals surface area contributed by atoms with Gasteiger partial charge in [-0.25, -0.2) is 4.39 Å². The summed E-state index contributed by atoms with van der Waals surface area (Å²) in [5.41, 5.74) is 1.61. The molecular formula is C26H28FN3O3. The van der Waals surface area contributed by atoms with Crippen molar-refractivity contribution in [1.82, 2.24) is 10.2 Å². The largest absolute Gasteiger partial charge is 0.465 e. The van der Waals surface area contributed by atoms with Crippen LogP contribution in [0.3, 0.4) is 0 Å². The third-order valence-electron chi connectivity index (χ3n) is 5.99. The quantitative estimate of drug-likeness (QED) is 0.541. The monoisotopic (exact) mass is 449 g/mol. The van der Waals surface area contributed by atoms with E-state index in [0.717, 1.165) is 43.0 Å². The molecule has 1 aliphatic rings. The molecule has 172 valence electrons. The van der Waals surface area contributed by atoms with E-state index in [0.29, 0.717) is 17.8 Å². The van der Waals surface area contributed by atoms with Gasteiger partial charge in [0.15, 0.2) is 0 Å². The maximum Gasteiger partial charge on any atom is 0.258 e. The molecule has 4 rings (SSSR count). The van der Waals surface area contributed by atoms with Crippen LogP contribution in [0.25, 0.3) is 0 Å². The van der Waals surface area contributed by atoms with Crippen LogP contribution in [0.4, 0.5) is 10.1 Å². The maximum atomic E-state index is 14.0. The summed E-state index contributed by atoms with van der Waals surface area (Å²) in [6, 6.07) is 14.8. The van der Waals surface area contributed by atoms with E-state index in [2.05, 4.69) is 15.5 Å². The number of hydrogen-bond donors (Lipinski definition) is 2. The highest BCUT2D eigenvalue weighted by molar-refractivity contribution is 6.05. The fourth-order valence-corrected chi connectivity index (χ4v) is 4.12. The molecule has 0 aliphatic carbocycles. The fraction of sp³-hybridized carbons (Fsp3) is 0.308. The molecule has 1 atom stereocenters. The predicted molar refractivity (Wildman–Crippen MR) is 125 cm³/mol. The summed E-state index contributed by atoms with van der Waals surface area (Å²) in [5.74, 6) is 0.285. The van der Waals surface area contributed by atoms with Gasteiger partial charge in [-0.1, -0.05) is 18.2 Å². The van der Waals surface area contributed by atoms with E-state index in [1.165, 1.54) is 18.2 Å². The molecule has 0 radical (unpaired) electrons. The number of nitrogens with one attached hydrogen (secondary N) is 2. The second-order valence-corrected chi connectivity index (χ2v) is 8.38. The van der Waals surface area contributed by atoms with Crippen LogP contribution in [0, 0.1) is 19.7 Å². The van der Waals surface area contributed by atoms with Crippen molar-refractivity contribution in [1.29, 1.82) is 0 Å². The molecular weight excluding hydrogens is 421 g/mol. The number of carbonyl (C=O) groups excluding carboxylic acids is 2. The third kappa shape index (κ3) is 5.31. The van der Waals surface area contributed by atoms with Crippen molar-refractivity contribution >= 4 is 17.5 Å².